The van der Waals surface area contributed by atoms with Crippen LogP contribution in [0.2, 0.25) is 5.02 Å². The molecule has 0 spiro atoms. The second kappa shape index (κ2) is 4.07. The van der Waals surface area contributed by atoms with Crippen LogP contribution in [0, 0.1) is 0 Å². The molecular formula is C12H13ClN2O. The fourth-order valence-corrected chi connectivity index (χ4v) is 2.27. The summed E-state index contributed by atoms with van der Waals surface area (Å²) in [5, 5.41) is 4.07. The van der Waals surface area contributed by atoms with Crippen molar-refractivity contribution >= 4 is 17.5 Å². The number of hydrogen-bond acceptors (Lipinski definition) is 3. The van der Waals surface area contributed by atoms with Gasteiger partial charge < -0.3 is 10.1 Å². The highest BCUT2D eigenvalue weighted by atomic mass is 35.5. The molecule has 16 heavy (non-hydrogen) atoms. The van der Waals surface area contributed by atoms with Gasteiger partial charge in [0.15, 0.2) is 0 Å². The molecule has 1 aromatic rings. The van der Waals surface area contributed by atoms with Crippen molar-refractivity contribution in [1.29, 1.82) is 0 Å². The van der Waals surface area contributed by atoms with Gasteiger partial charge in [-0.05, 0) is 37.2 Å². The molecule has 0 bridgehead atoms. The van der Waals surface area contributed by atoms with Gasteiger partial charge in [0.25, 0.3) is 0 Å². The Labute approximate surface area is 99.5 Å². The standard InChI is InChI=1S/C12H13ClN2O/c13-9-3-1-8(2-4-9)12-15-10-7-14-6-5-11(10)16-12/h1-4,10-11,14H,5-7H2. The smallest absolute Gasteiger partial charge is 0.216 e. The van der Waals surface area contributed by atoms with E-state index in [1.54, 1.807) is 0 Å². The lowest BCUT2D eigenvalue weighted by molar-refractivity contribution is 0.161. The normalized spacial score (nSPS) is 28.2. The maximum absolute atomic E-state index is 5.86. The van der Waals surface area contributed by atoms with Crippen LogP contribution < -0.4 is 5.32 Å². The maximum Gasteiger partial charge on any atom is 0.216 e. The average molecular weight is 237 g/mol. The quantitative estimate of drug-likeness (QED) is 0.808. The predicted molar refractivity (Wildman–Crippen MR) is 64.1 cm³/mol. The molecule has 0 aromatic heterocycles. The number of aliphatic imine (C=N–C) groups is 1. The van der Waals surface area contributed by atoms with Gasteiger partial charge in [-0.25, -0.2) is 4.99 Å². The Kier molecular flexibility index (Phi) is 2.58. The van der Waals surface area contributed by atoms with Gasteiger partial charge in [0.05, 0.1) is 0 Å². The number of nitrogens with zero attached hydrogens (tertiary/aromatic N) is 1. The Morgan fingerprint density at radius 1 is 1.31 bits per heavy atom. The Hall–Kier alpha value is -1.06. The van der Waals surface area contributed by atoms with Crippen molar-refractivity contribution in [2.24, 2.45) is 4.99 Å². The summed E-state index contributed by atoms with van der Waals surface area (Å²) in [6.07, 6.45) is 1.29. The van der Waals surface area contributed by atoms with Gasteiger partial charge in [-0.1, -0.05) is 11.6 Å². The summed E-state index contributed by atoms with van der Waals surface area (Å²) in [5.41, 5.74) is 1.01. The molecule has 2 aliphatic heterocycles. The second-order valence-electron chi connectivity index (χ2n) is 4.16. The van der Waals surface area contributed by atoms with Gasteiger partial charge in [-0.3, -0.25) is 0 Å². The average Bonchev–Trinajstić information content (AvgIpc) is 2.73. The number of hydrogen-bond donors (Lipinski definition) is 1. The lowest BCUT2D eigenvalue weighted by atomic mass is 10.1. The number of fused-ring (bicyclic) bond motifs is 1. The van der Waals surface area contributed by atoms with Crippen molar-refractivity contribution in [1.82, 2.24) is 5.32 Å². The van der Waals surface area contributed by atoms with E-state index in [-0.39, 0.29) is 12.1 Å². The van der Waals surface area contributed by atoms with Crippen LogP contribution in [0.15, 0.2) is 29.3 Å². The van der Waals surface area contributed by atoms with Crippen molar-refractivity contribution in [3.05, 3.63) is 34.9 Å². The summed E-state index contributed by atoms with van der Waals surface area (Å²) in [5.74, 6) is 0.760. The SMILES string of the molecule is Clc1ccc(C2=NC3CNCCC3O2)cc1. The molecule has 2 heterocycles. The third-order valence-corrected chi connectivity index (χ3v) is 3.28. The first-order valence-electron chi connectivity index (χ1n) is 5.54. The molecule has 3 nitrogen and oxygen atoms in total. The highest BCUT2D eigenvalue weighted by Gasteiger charge is 2.33. The molecule has 0 aliphatic carbocycles. The number of halogens is 1. The number of nitrogens with one attached hydrogen (secondary N) is 1. The predicted octanol–water partition coefficient (Wildman–Crippen LogP) is 1.85. The molecule has 0 radical (unpaired) electrons. The van der Waals surface area contributed by atoms with E-state index in [0.717, 1.165) is 36.0 Å². The van der Waals surface area contributed by atoms with Crippen LogP contribution in [0.1, 0.15) is 12.0 Å². The van der Waals surface area contributed by atoms with Crippen molar-refractivity contribution in [2.75, 3.05) is 13.1 Å². The van der Waals surface area contributed by atoms with Gasteiger partial charge in [0.2, 0.25) is 5.90 Å². The monoisotopic (exact) mass is 236 g/mol. The van der Waals surface area contributed by atoms with Gasteiger partial charge >= 0.3 is 0 Å². The van der Waals surface area contributed by atoms with Crippen molar-refractivity contribution in [3.63, 3.8) is 0 Å². The first kappa shape index (κ1) is 10.1. The van der Waals surface area contributed by atoms with Crippen molar-refractivity contribution in [3.8, 4) is 0 Å². The minimum atomic E-state index is 0.256. The molecule has 4 heteroatoms. The van der Waals surface area contributed by atoms with Crippen molar-refractivity contribution in [2.45, 2.75) is 18.6 Å². The molecule has 1 N–H and O–H groups in total. The maximum atomic E-state index is 5.86. The molecule has 1 aromatic carbocycles. The molecule has 0 saturated carbocycles. The van der Waals surface area contributed by atoms with Crippen LogP contribution in [0.25, 0.3) is 0 Å². The highest BCUT2D eigenvalue weighted by molar-refractivity contribution is 6.30. The Morgan fingerprint density at radius 3 is 2.88 bits per heavy atom. The second-order valence-corrected chi connectivity index (χ2v) is 4.59. The van der Waals surface area contributed by atoms with Crippen LogP contribution in [0.4, 0.5) is 0 Å². The number of rotatable bonds is 1. The lowest BCUT2D eigenvalue weighted by Crippen LogP contribution is -2.41. The van der Waals surface area contributed by atoms with Gasteiger partial charge in [0.1, 0.15) is 12.1 Å². The zero-order chi connectivity index (χ0) is 11.0. The summed E-state index contributed by atoms with van der Waals surface area (Å²) in [6, 6.07) is 7.91. The Bertz CT molecular complexity index is 416. The first-order chi connectivity index (χ1) is 7.83. The largest absolute Gasteiger partial charge is 0.472 e. The topological polar surface area (TPSA) is 33.6 Å². The van der Waals surface area contributed by atoms with Gasteiger partial charge in [-0.2, -0.15) is 0 Å². The molecule has 84 valence electrons. The molecule has 2 aliphatic rings. The Balaban J connectivity index is 1.83. The minimum absolute atomic E-state index is 0.256. The molecular weight excluding hydrogens is 224 g/mol. The molecule has 1 fully saturated rings. The van der Waals surface area contributed by atoms with E-state index in [1.807, 2.05) is 24.3 Å². The van der Waals surface area contributed by atoms with Crippen LogP contribution in [-0.2, 0) is 4.74 Å². The molecule has 0 amide bonds. The molecule has 2 atom stereocenters. The van der Waals surface area contributed by atoms with Crippen molar-refractivity contribution < 1.29 is 4.74 Å². The van der Waals surface area contributed by atoms with E-state index in [1.165, 1.54) is 0 Å². The summed E-state index contributed by atoms with van der Waals surface area (Å²) in [6.45, 7) is 1.94. The summed E-state index contributed by atoms with van der Waals surface area (Å²) >= 11 is 5.85. The fourth-order valence-electron chi connectivity index (χ4n) is 2.14. The van der Waals surface area contributed by atoms with E-state index in [0.29, 0.717) is 0 Å². The number of piperidine rings is 1. The highest BCUT2D eigenvalue weighted by Crippen LogP contribution is 2.22. The molecule has 2 unspecified atom stereocenters. The van der Waals surface area contributed by atoms with Crippen LogP contribution >= 0.6 is 11.6 Å². The fraction of sp³-hybridized carbons (Fsp3) is 0.417. The van der Waals surface area contributed by atoms with Crippen LogP contribution in [0.5, 0.6) is 0 Å². The van der Waals surface area contributed by atoms with E-state index in [4.69, 9.17) is 16.3 Å². The third-order valence-electron chi connectivity index (χ3n) is 3.03. The zero-order valence-electron chi connectivity index (χ0n) is 8.82. The summed E-state index contributed by atoms with van der Waals surface area (Å²) in [7, 11) is 0. The first-order valence-corrected chi connectivity index (χ1v) is 5.92. The van der Waals surface area contributed by atoms with E-state index in [9.17, 15) is 0 Å². The summed E-state index contributed by atoms with van der Waals surface area (Å²) in [4.78, 5) is 4.60. The molecule has 1 saturated heterocycles. The summed E-state index contributed by atoms with van der Waals surface area (Å²) < 4.78 is 5.86. The van der Waals surface area contributed by atoms with Gasteiger partial charge in [0, 0.05) is 17.1 Å². The van der Waals surface area contributed by atoms with E-state index < -0.39 is 0 Å². The van der Waals surface area contributed by atoms with Crippen LogP contribution in [0.3, 0.4) is 0 Å². The molecule has 3 rings (SSSR count). The third kappa shape index (κ3) is 1.81. The van der Waals surface area contributed by atoms with E-state index >= 15 is 0 Å². The lowest BCUT2D eigenvalue weighted by Gasteiger charge is -2.23. The number of ether oxygens (including phenoxy) is 1. The van der Waals surface area contributed by atoms with E-state index in [2.05, 4.69) is 10.3 Å². The Morgan fingerprint density at radius 2 is 2.12 bits per heavy atom. The zero-order valence-corrected chi connectivity index (χ0v) is 9.57. The minimum Gasteiger partial charge on any atom is -0.472 e. The van der Waals surface area contributed by atoms with Gasteiger partial charge in [-0.15, -0.1) is 0 Å². The number of benzene rings is 1. The van der Waals surface area contributed by atoms with Crippen LogP contribution in [-0.4, -0.2) is 31.1 Å².